The lowest BCUT2D eigenvalue weighted by atomic mass is 10.1. The first kappa shape index (κ1) is 15.3. The summed E-state index contributed by atoms with van der Waals surface area (Å²) in [6.07, 6.45) is 1.70. The van der Waals surface area contributed by atoms with Crippen molar-refractivity contribution in [3.05, 3.63) is 53.3 Å². The molecule has 0 aliphatic heterocycles. The second-order valence-corrected chi connectivity index (χ2v) is 5.08. The number of hydrogen-bond acceptors (Lipinski definition) is 4. The van der Waals surface area contributed by atoms with Crippen LogP contribution < -0.4 is 9.47 Å². The van der Waals surface area contributed by atoms with Crippen LogP contribution in [0.25, 0.3) is 0 Å². The predicted octanol–water partition coefficient (Wildman–Crippen LogP) is 3.04. The summed E-state index contributed by atoms with van der Waals surface area (Å²) in [5.41, 5.74) is 3.32. The number of aryl methyl sites for hydroxylation is 1. The average molecular weight is 286 g/mol. The third-order valence-corrected chi connectivity index (χ3v) is 3.46. The molecule has 0 atom stereocenters. The van der Waals surface area contributed by atoms with Crippen LogP contribution in [0.3, 0.4) is 0 Å². The molecule has 1 aromatic carbocycles. The molecule has 0 aliphatic rings. The van der Waals surface area contributed by atoms with E-state index in [0.29, 0.717) is 5.75 Å². The van der Waals surface area contributed by atoms with Gasteiger partial charge in [0.2, 0.25) is 0 Å². The van der Waals surface area contributed by atoms with Crippen LogP contribution in [-0.4, -0.2) is 31.2 Å². The second kappa shape index (κ2) is 7.09. The largest absolute Gasteiger partial charge is 0.492 e. The molecular weight excluding hydrogens is 264 g/mol. The van der Waals surface area contributed by atoms with Gasteiger partial charge in [0, 0.05) is 24.3 Å². The van der Waals surface area contributed by atoms with Crippen molar-refractivity contribution in [2.24, 2.45) is 0 Å². The molecule has 4 nitrogen and oxygen atoms in total. The zero-order valence-electron chi connectivity index (χ0n) is 13.1. The molecule has 2 aromatic rings. The van der Waals surface area contributed by atoms with Gasteiger partial charge < -0.3 is 9.47 Å². The van der Waals surface area contributed by atoms with E-state index in [9.17, 15) is 0 Å². The van der Waals surface area contributed by atoms with Gasteiger partial charge in [0.15, 0.2) is 11.5 Å². The Morgan fingerprint density at radius 2 is 1.76 bits per heavy atom. The van der Waals surface area contributed by atoms with Crippen molar-refractivity contribution in [2.45, 2.75) is 20.0 Å². The highest BCUT2D eigenvalue weighted by Crippen LogP contribution is 2.32. The lowest BCUT2D eigenvalue weighted by molar-refractivity contribution is 0.301. The molecule has 112 valence electrons. The quantitative estimate of drug-likeness (QED) is 0.817. The standard InChI is InChI=1S/C17H22N2O2/c1-13-15(17(21-4)16(20-3)10-18-13)12-19(2)11-14-8-6-5-7-9-14/h5-10H,11-12H2,1-4H3. The van der Waals surface area contributed by atoms with Crippen LogP contribution in [0.1, 0.15) is 16.8 Å². The van der Waals surface area contributed by atoms with Gasteiger partial charge in [0.25, 0.3) is 0 Å². The highest BCUT2D eigenvalue weighted by molar-refractivity contribution is 5.47. The van der Waals surface area contributed by atoms with Crippen LogP contribution in [0.15, 0.2) is 36.5 Å². The van der Waals surface area contributed by atoms with E-state index in [1.807, 2.05) is 13.0 Å². The summed E-state index contributed by atoms with van der Waals surface area (Å²) in [6, 6.07) is 10.4. The summed E-state index contributed by atoms with van der Waals surface area (Å²) >= 11 is 0. The Balaban J connectivity index is 2.18. The maximum absolute atomic E-state index is 5.51. The number of ether oxygens (including phenoxy) is 2. The van der Waals surface area contributed by atoms with Crippen LogP contribution in [0.4, 0.5) is 0 Å². The molecule has 0 bridgehead atoms. The molecule has 0 aliphatic carbocycles. The van der Waals surface area contributed by atoms with Crippen molar-refractivity contribution in [3.8, 4) is 11.5 Å². The van der Waals surface area contributed by atoms with E-state index >= 15 is 0 Å². The molecule has 2 rings (SSSR count). The molecule has 0 radical (unpaired) electrons. The number of hydrogen-bond donors (Lipinski definition) is 0. The predicted molar refractivity (Wildman–Crippen MR) is 83.7 cm³/mol. The molecule has 1 heterocycles. The van der Waals surface area contributed by atoms with Crippen molar-refractivity contribution in [3.63, 3.8) is 0 Å². The lowest BCUT2D eigenvalue weighted by Crippen LogP contribution is -2.19. The third kappa shape index (κ3) is 3.73. The van der Waals surface area contributed by atoms with E-state index in [1.54, 1.807) is 20.4 Å². The molecule has 21 heavy (non-hydrogen) atoms. The van der Waals surface area contributed by atoms with Crippen LogP contribution in [0, 0.1) is 6.92 Å². The molecule has 0 amide bonds. The summed E-state index contributed by atoms with van der Waals surface area (Å²) < 4.78 is 10.8. The molecular formula is C17H22N2O2. The Labute approximate surface area is 126 Å². The van der Waals surface area contributed by atoms with Gasteiger partial charge in [-0.15, -0.1) is 0 Å². The number of methoxy groups -OCH3 is 2. The number of pyridine rings is 1. The molecule has 0 fully saturated rings. The number of aromatic nitrogens is 1. The molecule has 4 heteroatoms. The van der Waals surface area contributed by atoms with Gasteiger partial charge in [0.05, 0.1) is 20.4 Å². The first-order chi connectivity index (χ1) is 10.2. The first-order valence-electron chi connectivity index (χ1n) is 6.94. The van der Waals surface area contributed by atoms with E-state index in [4.69, 9.17) is 9.47 Å². The van der Waals surface area contributed by atoms with E-state index in [2.05, 4.69) is 41.2 Å². The minimum atomic E-state index is 0.672. The Morgan fingerprint density at radius 1 is 1.05 bits per heavy atom. The van der Waals surface area contributed by atoms with Gasteiger partial charge in [-0.05, 0) is 19.5 Å². The van der Waals surface area contributed by atoms with Crippen molar-refractivity contribution in [1.29, 1.82) is 0 Å². The Kier molecular flexibility index (Phi) is 5.17. The summed E-state index contributed by atoms with van der Waals surface area (Å²) in [4.78, 5) is 6.62. The third-order valence-electron chi connectivity index (χ3n) is 3.46. The smallest absolute Gasteiger partial charge is 0.179 e. The molecule has 1 aromatic heterocycles. The van der Waals surface area contributed by atoms with E-state index < -0.39 is 0 Å². The highest BCUT2D eigenvalue weighted by Gasteiger charge is 2.15. The molecule has 0 spiro atoms. The maximum atomic E-state index is 5.51. The number of nitrogens with zero attached hydrogens (tertiary/aromatic N) is 2. The Morgan fingerprint density at radius 3 is 2.38 bits per heavy atom. The topological polar surface area (TPSA) is 34.6 Å². The number of rotatable bonds is 6. The summed E-state index contributed by atoms with van der Waals surface area (Å²) in [6.45, 7) is 3.63. The zero-order valence-corrected chi connectivity index (χ0v) is 13.1. The fraction of sp³-hybridized carbons (Fsp3) is 0.353. The van der Waals surface area contributed by atoms with Crippen LogP contribution >= 0.6 is 0 Å². The van der Waals surface area contributed by atoms with Crippen LogP contribution in [-0.2, 0) is 13.1 Å². The van der Waals surface area contributed by atoms with Gasteiger partial charge in [-0.2, -0.15) is 0 Å². The van der Waals surface area contributed by atoms with E-state index in [1.165, 1.54) is 5.56 Å². The molecule has 0 N–H and O–H groups in total. The Bertz CT molecular complexity index is 585. The Hall–Kier alpha value is -2.07. The van der Waals surface area contributed by atoms with Gasteiger partial charge in [0.1, 0.15) is 0 Å². The highest BCUT2D eigenvalue weighted by atomic mass is 16.5. The van der Waals surface area contributed by atoms with Crippen molar-refractivity contribution in [1.82, 2.24) is 9.88 Å². The van der Waals surface area contributed by atoms with Crippen LogP contribution in [0.2, 0.25) is 0 Å². The van der Waals surface area contributed by atoms with Crippen molar-refractivity contribution in [2.75, 3.05) is 21.3 Å². The fourth-order valence-electron chi connectivity index (χ4n) is 2.38. The summed E-state index contributed by atoms with van der Waals surface area (Å²) in [5.74, 6) is 1.44. The van der Waals surface area contributed by atoms with Crippen molar-refractivity contribution >= 4 is 0 Å². The second-order valence-electron chi connectivity index (χ2n) is 5.08. The zero-order chi connectivity index (χ0) is 15.2. The van der Waals surface area contributed by atoms with E-state index in [-0.39, 0.29) is 0 Å². The van der Waals surface area contributed by atoms with E-state index in [0.717, 1.165) is 30.1 Å². The number of benzene rings is 1. The van der Waals surface area contributed by atoms with Gasteiger partial charge >= 0.3 is 0 Å². The fourth-order valence-corrected chi connectivity index (χ4v) is 2.38. The minimum absolute atomic E-state index is 0.672. The summed E-state index contributed by atoms with van der Waals surface area (Å²) in [5, 5.41) is 0. The maximum Gasteiger partial charge on any atom is 0.179 e. The average Bonchev–Trinajstić information content (AvgIpc) is 2.50. The monoisotopic (exact) mass is 286 g/mol. The van der Waals surface area contributed by atoms with Gasteiger partial charge in [-0.3, -0.25) is 9.88 Å². The van der Waals surface area contributed by atoms with Crippen LogP contribution in [0.5, 0.6) is 11.5 Å². The minimum Gasteiger partial charge on any atom is -0.492 e. The molecule has 0 unspecified atom stereocenters. The normalized spacial score (nSPS) is 10.7. The molecule has 0 saturated heterocycles. The first-order valence-corrected chi connectivity index (χ1v) is 6.94. The summed E-state index contributed by atoms with van der Waals surface area (Å²) in [7, 11) is 5.38. The molecule has 0 saturated carbocycles. The van der Waals surface area contributed by atoms with Gasteiger partial charge in [-0.25, -0.2) is 0 Å². The van der Waals surface area contributed by atoms with Gasteiger partial charge in [-0.1, -0.05) is 30.3 Å². The SMILES string of the molecule is COc1cnc(C)c(CN(C)Cc2ccccc2)c1OC. The lowest BCUT2D eigenvalue weighted by Gasteiger charge is -2.20. The van der Waals surface area contributed by atoms with Crippen molar-refractivity contribution < 1.29 is 9.47 Å².